The number of carboxylic acid groups (broad SMARTS) is 2. The second-order valence-corrected chi connectivity index (χ2v) is 36.7. The highest BCUT2D eigenvalue weighted by molar-refractivity contribution is 5.78. The normalized spacial score (nSPS) is 34.1. The summed E-state index contributed by atoms with van der Waals surface area (Å²) in [6, 6.07) is -4.77. The van der Waals surface area contributed by atoms with Gasteiger partial charge < -0.3 is 185 Å². The van der Waals surface area contributed by atoms with E-state index in [0.717, 1.165) is 85.0 Å². The summed E-state index contributed by atoms with van der Waals surface area (Å²) in [4.78, 5) is 79.9. The van der Waals surface area contributed by atoms with Crippen molar-refractivity contribution < 1.29 is 193 Å². The first-order valence-electron chi connectivity index (χ1n) is 48.4. The molecule has 0 aromatic carbocycles. The molecule has 6 saturated heterocycles. The molecule has 0 aliphatic carbocycles. The van der Waals surface area contributed by atoms with Crippen LogP contribution >= 0.6 is 0 Å². The zero-order valence-corrected chi connectivity index (χ0v) is 78.0. The Morgan fingerprint density at radius 3 is 1.18 bits per heavy atom. The number of ether oxygens (including phenoxy) is 12. The Labute approximate surface area is 779 Å². The van der Waals surface area contributed by atoms with Crippen molar-refractivity contribution in [2.24, 2.45) is 5.92 Å². The van der Waals surface area contributed by atoms with E-state index in [1.54, 1.807) is 6.08 Å². The molecule has 0 aromatic rings. The number of amides is 3. The van der Waals surface area contributed by atoms with Crippen LogP contribution in [0.1, 0.15) is 272 Å². The molecular weight excluding hydrogens is 1760 g/mol. The van der Waals surface area contributed by atoms with Crippen LogP contribution in [-0.2, 0) is 85.6 Å². The number of nitrogens with one attached hydrogen (secondary N) is 3. The van der Waals surface area contributed by atoms with E-state index in [4.69, 9.17) is 56.8 Å². The Hall–Kier alpha value is -4.48. The van der Waals surface area contributed by atoms with Gasteiger partial charge in [-0.25, -0.2) is 9.59 Å². The molecule has 6 heterocycles. The van der Waals surface area contributed by atoms with Crippen LogP contribution in [-0.4, -0.2) is 390 Å². The van der Waals surface area contributed by atoms with Gasteiger partial charge in [0, 0.05) is 45.4 Å². The van der Waals surface area contributed by atoms with E-state index in [0.29, 0.717) is 12.8 Å². The van der Waals surface area contributed by atoms with E-state index in [1.807, 2.05) is 0 Å². The van der Waals surface area contributed by atoms with Crippen molar-refractivity contribution in [3.63, 3.8) is 0 Å². The number of hydrogen-bond acceptors (Lipinski definition) is 37. The van der Waals surface area contributed by atoms with Crippen molar-refractivity contribution in [1.82, 2.24) is 16.0 Å². The fraction of sp³-hybridized carbons (Fsp3) is 0.912. The summed E-state index contributed by atoms with van der Waals surface area (Å²) in [6.07, 6.45) is -24.1. The van der Waals surface area contributed by atoms with Crippen LogP contribution in [0.25, 0.3) is 0 Å². The first-order chi connectivity index (χ1) is 63.6. The quantitative estimate of drug-likeness (QED) is 0.0271. The molecule has 774 valence electrons. The lowest BCUT2D eigenvalue weighted by molar-refractivity contribution is -0.408. The number of carboxylic acids is 2. The number of aliphatic hydroxyl groups is 19. The van der Waals surface area contributed by atoms with Crippen LogP contribution in [0.4, 0.5) is 0 Å². The Morgan fingerprint density at radius 2 is 0.774 bits per heavy atom. The van der Waals surface area contributed by atoms with Crippen molar-refractivity contribution in [3.8, 4) is 0 Å². The third-order valence-electron chi connectivity index (χ3n) is 25.9. The average molecular weight is 1920 g/mol. The smallest absolute Gasteiger partial charge is 0.364 e. The Morgan fingerprint density at radius 1 is 0.414 bits per heavy atom. The van der Waals surface area contributed by atoms with Crippen molar-refractivity contribution in [2.75, 3.05) is 46.2 Å². The van der Waals surface area contributed by atoms with Gasteiger partial charge in [0.05, 0.1) is 88.8 Å². The highest BCUT2D eigenvalue weighted by atomic mass is 16.8. The fourth-order valence-electron chi connectivity index (χ4n) is 18.2. The van der Waals surface area contributed by atoms with Crippen molar-refractivity contribution in [1.29, 1.82) is 0 Å². The lowest BCUT2D eigenvalue weighted by Gasteiger charge is -2.53. The van der Waals surface area contributed by atoms with E-state index in [9.17, 15) is 136 Å². The summed E-state index contributed by atoms with van der Waals surface area (Å²) in [6.45, 7) is -0.588. The van der Waals surface area contributed by atoms with Crippen LogP contribution in [0, 0.1) is 5.92 Å². The Bertz CT molecular complexity index is 3310. The number of unbranched alkanes of at least 4 members (excludes halogenated alkanes) is 31. The van der Waals surface area contributed by atoms with Gasteiger partial charge in [-0.2, -0.15) is 0 Å². The maximum atomic E-state index is 14.1. The highest BCUT2D eigenvalue weighted by Crippen LogP contribution is 2.45. The molecule has 0 saturated carbocycles. The molecule has 6 aliphatic rings. The topological polar surface area (TPSA) is 674 Å². The fourth-order valence-corrected chi connectivity index (χ4v) is 18.2. The SMILES string of the molecule is CCCCCCCCCCCCCC=C[C@@H](O)[C@H](CO[C@@H]1O[C@H](CO)[C@@H](O[C@@H]2O[C@H](CO)[C@H](O[C@@H]3O[C@H](CO)[C@H](O)[C@H](O[C@@H]4O[C@H](CO)[C@H](O)[C@H](O[C@]5(C(=O)O)C[C@H](O)[C@@H](NC(C)=O)C([C@H](O)[C@H](O)CO)O5)[C@H]4O)[C@H]3CC(C)=O)[C@H](O[C@]3(C(=O)O)C[C@H](O)[C@@H](NC(C)=O)C([C@H](O)[C@H](O)CO)O3)[C@H]2O)[C@H](O)[C@H]1O)NC(=O)CCCCCCCCCCCCCCCCCCCCCCC. The van der Waals surface area contributed by atoms with E-state index in [-0.39, 0.29) is 6.42 Å². The summed E-state index contributed by atoms with van der Waals surface area (Å²) in [5, 5.41) is 246. The largest absolute Gasteiger partial charge is 0.477 e. The molecule has 0 spiro atoms. The van der Waals surface area contributed by atoms with E-state index in [1.165, 1.54) is 141 Å². The van der Waals surface area contributed by atoms with Crippen LogP contribution in [0.3, 0.4) is 0 Å². The summed E-state index contributed by atoms with van der Waals surface area (Å²) in [5.74, 6) is -16.1. The molecule has 133 heavy (non-hydrogen) atoms. The molecule has 0 bridgehead atoms. The summed E-state index contributed by atoms with van der Waals surface area (Å²) in [5.41, 5.74) is 0. The van der Waals surface area contributed by atoms with Crippen LogP contribution in [0.15, 0.2) is 12.2 Å². The number of aliphatic carboxylic acids is 2. The minimum absolute atomic E-state index is 0.0987. The number of aliphatic hydroxyl groups excluding tert-OH is 19. The minimum Gasteiger partial charge on any atom is -0.477 e. The molecule has 24 N–H and O–H groups in total. The molecule has 0 radical (unpaired) electrons. The van der Waals surface area contributed by atoms with Gasteiger partial charge in [0.2, 0.25) is 17.7 Å². The number of Topliss-reactive ketones (excluding diaryl/α,β-unsaturated/α-hetero) is 1. The molecule has 6 fully saturated rings. The molecule has 42 nitrogen and oxygen atoms in total. The monoisotopic (exact) mass is 1920 g/mol. The zero-order valence-electron chi connectivity index (χ0n) is 78.0. The second-order valence-electron chi connectivity index (χ2n) is 36.7. The van der Waals surface area contributed by atoms with Crippen molar-refractivity contribution >= 4 is 35.4 Å². The number of carbonyl (C=O) groups excluding carboxylic acids is 4. The van der Waals surface area contributed by atoms with Gasteiger partial charge >= 0.3 is 11.9 Å². The van der Waals surface area contributed by atoms with E-state index in [2.05, 4.69) is 29.8 Å². The van der Waals surface area contributed by atoms with Gasteiger partial charge in [-0.1, -0.05) is 219 Å². The number of allylic oxidation sites excluding steroid dienone is 1. The molecule has 6 rings (SSSR count). The predicted octanol–water partition coefficient (Wildman–Crippen LogP) is -0.437. The molecule has 0 aromatic heterocycles. The Kier molecular flexibility index (Phi) is 54.0. The molecule has 3 amide bonds. The molecule has 6 aliphatic heterocycles. The highest BCUT2D eigenvalue weighted by Gasteiger charge is 2.64. The molecule has 42 heteroatoms. The van der Waals surface area contributed by atoms with Gasteiger partial charge in [0.15, 0.2) is 25.2 Å². The summed E-state index contributed by atoms with van der Waals surface area (Å²) in [7, 11) is 0. The molecular formula is C91H161N3O39. The summed E-state index contributed by atoms with van der Waals surface area (Å²) < 4.78 is 72.8. The van der Waals surface area contributed by atoms with Gasteiger partial charge in [0.1, 0.15) is 128 Å². The first-order valence-corrected chi connectivity index (χ1v) is 48.4. The number of ketones is 1. The lowest BCUT2D eigenvalue weighted by atomic mass is 9.86. The third-order valence-corrected chi connectivity index (χ3v) is 25.9. The Balaban J connectivity index is 1.25. The minimum atomic E-state index is -3.49. The van der Waals surface area contributed by atoms with Gasteiger partial charge in [-0.15, -0.1) is 0 Å². The zero-order chi connectivity index (χ0) is 98.1. The maximum absolute atomic E-state index is 14.1. The van der Waals surface area contributed by atoms with Crippen LogP contribution in [0.5, 0.6) is 0 Å². The molecule has 2 unspecified atom stereocenters. The second kappa shape index (κ2) is 61.3. The van der Waals surface area contributed by atoms with Gasteiger partial charge in [-0.05, 0) is 26.2 Å². The van der Waals surface area contributed by atoms with Crippen LogP contribution in [0.2, 0.25) is 0 Å². The van der Waals surface area contributed by atoms with E-state index < -0.39 is 308 Å². The number of hydrogen-bond donors (Lipinski definition) is 24. The number of rotatable bonds is 66. The third kappa shape index (κ3) is 35.9. The number of carbonyl (C=O) groups is 6. The van der Waals surface area contributed by atoms with E-state index >= 15 is 0 Å². The van der Waals surface area contributed by atoms with Crippen molar-refractivity contribution in [3.05, 3.63) is 12.2 Å². The standard InChI is InChI=1S/C91H161N3O39/c1-6-8-10-12-14-16-18-20-21-22-23-24-25-26-27-29-31-33-35-37-39-41-66(109)94-56(57(104)40-38-36-34-32-30-28-19-17-15-13-11-9-7-2)51-122-85-74(115)73(114)78(64(49-99)125-85)128-87-76(117)83(133-91(89(120)121)44-59(106)68(93-54(5)103)81(131-91)70(111)61(108)46-96)79(65(50-100)126-87)129-84-55(42-52(3)101)77(71(112)62(47-97)123-84)127-86-75(116)82(72(113)63(48-98)124-86)132-90(88(118)119)43-58(105)67(92-53(4)102)80(130-90)69(110)60(107)45-95/h38,40,55-65,67-87,95-100,104-108,110-117H,6-37,39,41-51H2,1-5H3,(H,92,102)(H,93,103)(H,94,109)(H,118,119)(H,120,121)/t55-,56+,57-,58+,59+,60-,61-,62-,63-,64-,65-,67-,68-,69-,70-,71+,72+,73-,74-,75-,76-,77-,78-,79+,80?,81?,82+,83-,84+,85-,86+,87+,90+,91+/m1/s1. The molecule has 34 atom stereocenters. The first kappa shape index (κ1) is 117. The van der Waals surface area contributed by atoms with Gasteiger partial charge in [-0.3, -0.25) is 14.4 Å². The average Bonchev–Trinajstić information content (AvgIpc) is 0.749. The van der Waals surface area contributed by atoms with Crippen LogP contribution < -0.4 is 16.0 Å². The predicted molar refractivity (Wildman–Crippen MR) is 469 cm³/mol. The lowest BCUT2D eigenvalue weighted by Crippen LogP contribution is -2.71. The van der Waals surface area contributed by atoms with Gasteiger partial charge in [0.25, 0.3) is 11.6 Å². The summed E-state index contributed by atoms with van der Waals surface area (Å²) >= 11 is 0. The maximum Gasteiger partial charge on any atom is 0.364 e. The van der Waals surface area contributed by atoms with Crippen molar-refractivity contribution in [2.45, 2.75) is 474 Å².